The second-order valence-electron chi connectivity index (χ2n) is 6.68. The van der Waals surface area contributed by atoms with Crippen LogP contribution in [-0.2, 0) is 24.4 Å². The summed E-state index contributed by atoms with van der Waals surface area (Å²) in [5.74, 6) is -0.386. The minimum Gasteiger partial charge on any atom is -0.376 e. The van der Waals surface area contributed by atoms with Gasteiger partial charge < -0.3 is 15.5 Å². The van der Waals surface area contributed by atoms with Gasteiger partial charge in [0.25, 0.3) is 0 Å². The second-order valence-corrected chi connectivity index (χ2v) is 7.56. The van der Waals surface area contributed by atoms with E-state index in [1.807, 2.05) is 47.8 Å². The van der Waals surface area contributed by atoms with Gasteiger partial charge in [-0.1, -0.05) is 42.5 Å². The largest absolute Gasteiger partial charge is 0.376 e. The lowest BCUT2D eigenvalue weighted by atomic mass is 10.1. The van der Waals surface area contributed by atoms with Crippen LogP contribution in [0.5, 0.6) is 0 Å². The van der Waals surface area contributed by atoms with Crippen molar-refractivity contribution in [1.29, 1.82) is 0 Å². The van der Waals surface area contributed by atoms with Gasteiger partial charge in [0.05, 0.1) is 6.54 Å². The van der Waals surface area contributed by atoms with Gasteiger partial charge in [0.2, 0.25) is 5.91 Å². The van der Waals surface area contributed by atoms with Crippen LogP contribution in [0.1, 0.15) is 16.7 Å². The van der Waals surface area contributed by atoms with Gasteiger partial charge >= 0.3 is 6.03 Å². The molecule has 0 bridgehead atoms. The van der Waals surface area contributed by atoms with Gasteiger partial charge in [-0.25, -0.2) is 9.78 Å². The predicted octanol–water partition coefficient (Wildman–Crippen LogP) is 3.10. The van der Waals surface area contributed by atoms with E-state index in [1.54, 1.807) is 17.5 Å². The number of hydrogen-bond donors (Lipinski definition) is 3. The topological polar surface area (TPSA) is 86.4 Å². The fourth-order valence-corrected chi connectivity index (χ4v) is 3.91. The Kier molecular flexibility index (Phi) is 5.71. The normalized spacial score (nSPS) is 12.3. The third kappa shape index (κ3) is 4.72. The van der Waals surface area contributed by atoms with Crippen LogP contribution in [0.4, 0.5) is 15.6 Å². The molecule has 1 aliphatic heterocycles. The van der Waals surface area contributed by atoms with Crippen LogP contribution in [0.15, 0.2) is 60.1 Å². The Morgan fingerprint density at radius 2 is 1.93 bits per heavy atom. The quantitative estimate of drug-likeness (QED) is 0.585. The average Bonchev–Trinajstić information content (AvgIpc) is 3.41. The van der Waals surface area contributed by atoms with Gasteiger partial charge in [-0.05, 0) is 22.8 Å². The first-order valence-corrected chi connectivity index (χ1v) is 10.2. The lowest BCUT2D eigenvalue weighted by Crippen LogP contribution is -2.41. The van der Waals surface area contributed by atoms with E-state index in [0.29, 0.717) is 6.54 Å². The maximum Gasteiger partial charge on any atom is 0.321 e. The number of imide groups is 1. The Bertz CT molecular complexity index is 992. The molecule has 0 saturated carbocycles. The predicted molar refractivity (Wildman–Crippen MR) is 114 cm³/mol. The molecule has 8 heteroatoms. The zero-order chi connectivity index (χ0) is 20.1. The molecule has 0 saturated heterocycles. The Balaban J connectivity index is 1.28. The Morgan fingerprint density at radius 3 is 2.72 bits per heavy atom. The SMILES string of the molecule is O=C(CNc1cccc2c1CN(c1nccs1)C2)NC(=O)NCc1ccccc1. The first-order chi connectivity index (χ1) is 14.2. The van der Waals surface area contributed by atoms with Crippen LogP contribution < -0.4 is 20.9 Å². The van der Waals surface area contributed by atoms with Gasteiger partial charge in [-0.3, -0.25) is 10.1 Å². The number of carbonyl (C=O) groups is 2. The number of amides is 3. The summed E-state index contributed by atoms with van der Waals surface area (Å²) in [6.45, 7) is 1.93. The van der Waals surface area contributed by atoms with E-state index < -0.39 is 6.03 Å². The number of urea groups is 1. The van der Waals surface area contributed by atoms with E-state index in [4.69, 9.17) is 0 Å². The maximum atomic E-state index is 12.1. The molecular weight excluding hydrogens is 386 g/mol. The van der Waals surface area contributed by atoms with Crippen molar-refractivity contribution in [3.8, 4) is 0 Å². The van der Waals surface area contributed by atoms with Crippen molar-refractivity contribution in [2.45, 2.75) is 19.6 Å². The molecule has 1 aliphatic rings. The van der Waals surface area contributed by atoms with Gasteiger partial charge in [-0.2, -0.15) is 0 Å². The Hall–Kier alpha value is -3.39. The number of anilines is 2. The summed E-state index contributed by atoms with van der Waals surface area (Å²) >= 11 is 1.61. The highest BCUT2D eigenvalue weighted by Gasteiger charge is 2.23. The standard InChI is InChI=1S/C21H21N5O2S/c27-19(25-20(28)24-11-15-5-2-1-3-6-15)12-23-18-8-4-7-16-13-26(14-17(16)18)21-22-9-10-29-21/h1-10,23H,11-14H2,(H2,24,25,27,28). The molecule has 0 fully saturated rings. The molecule has 29 heavy (non-hydrogen) atoms. The second kappa shape index (κ2) is 8.74. The van der Waals surface area contributed by atoms with Crippen LogP contribution in [-0.4, -0.2) is 23.5 Å². The van der Waals surface area contributed by atoms with E-state index in [0.717, 1.165) is 35.0 Å². The number of nitrogens with zero attached hydrogens (tertiary/aromatic N) is 2. The van der Waals surface area contributed by atoms with Crippen molar-refractivity contribution in [3.05, 3.63) is 76.8 Å². The van der Waals surface area contributed by atoms with Crippen molar-refractivity contribution in [2.75, 3.05) is 16.8 Å². The molecule has 7 nitrogen and oxygen atoms in total. The van der Waals surface area contributed by atoms with Crippen molar-refractivity contribution in [1.82, 2.24) is 15.6 Å². The van der Waals surface area contributed by atoms with Gasteiger partial charge in [0, 0.05) is 36.9 Å². The lowest BCUT2D eigenvalue weighted by molar-refractivity contribution is -0.118. The molecule has 0 radical (unpaired) electrons. The summed E-state index contributed by atoms with van der Waals surface area (Å²) in [4.78, 5) is 30.6. The minimum absolute atomic E-state index is 0.0203. The lowest BCUT2D eigenvalue weighted by Gasteiger charge is -2.14. The van der Waals surface area contributed by atoms with Crippen LogP contribution in [0.25, 0.3) is 0 Å². The van der Waals surface area contributed by atoms with E-state index in [1.165, 1.54) is 5.56 Å². The zero-order valence-electron chi connectivity index (χ0n) is 15.7. The molecule has 1 aromatic heterocycles. The third-order valence-corrected chi connectivity index (χ3v) is 5.49. The molecule has 3 amide bonds. The smallest absolute Gasteiger partial charge is 0.321 e. The summed E-state index contributed by atoms with van der Waals surface area (Å²) in [7, 11) is 0. The molecule has 0 unspecified atom stereocenters. The molecule has 0 spiro atoms. The Labute approximate surface area is 172 Å². The summed E-state index contributed by atoms with van der Waals surface area (Å²) < 4.78 is 0. The molecule has 0 aliphatic carbocycles. The molecule has 3 aromatic rings. The summed E-state index contributed by atoms with van der Waals surface area (Å²) in [6, 6.07) is 15.0. The number of rotatable bonds is 6. The van der Waals surface area contributed by atoms with E-state index in [9.17, 15) is 9.59 Å². The van der Waals surface area contributed by atoms with Crippen molar-refractivity contribution >= 4 is 34.1 Å². The first kappa shape index (κ1) is 18.9. The molecule has 2 heterocycles. The van der Waals surface area contributed by atoms with Crippen LogP contribution in [0, 0.1) is 0 Å². The third-order valence-electron chi connectivity index (χ3n) is 4.66. The molecule has 3 N–H and O–H groups in total. The van der Waals surface area contributed by atoms with Gasteiger partial charge in [0.15, 0.2) is 5.13 Å². The van der Waals surface area contributed by atoms with Gasteiger partial charge in [0.1, 0.15) is 0 Å². The van der Waals surface area contributed by atoms with Gasteiger partial charge in [-0.15, -0.1) is 11.3 Å². The monoisotopic (exact) mass is 407 g/mol. The summed E-state index contributed by atoms with van der Waals surface area (Å²) in [5.41, 5.74) is 4.24. The average molecular weight is 407 g/mol. The minimum atomic E-state index is -0.506. The van der Waals surface area contributed by atoms with Crippen molar-refractivity contribution < 1.29 is 9.59 Å². The molecule has 148 valence electrons. The van der Waals surface area contributed by atoms with E-state index >= 15 is 0 Å². The highest BCUT2D eigenvalue weighted by Crippen LogP contribution is 2.33. The summed E-state index contributed by atoms with van der Waals surface area (Å²) in [6.07, 6.45) is 1.80. The first-order valence-electron chi connectivity index (χ1n) is 9.30. The zero-order valence-corrected chi connectivity index (χ0v) is 16.5. The number of fused-ring (bicyclic) bond motifs is 1. The van der Waals surface area contributed by atoms with Crippen molar-refractivity contribution in [3.63, 3.8) is 0 Å². The number of hydrogen-bond acceptors (Lipinski definition) is 6. The maximum absolute atomic E-state index is 12.1. The van der Waals surface area contributed by atoms with E-state index in [2.05, 4.69) is 31.9 Å². The molecule has 4 rings (SSSR count). The van der Waals surface area contributed by atoms with E-state index in [-0.39, 0.29) is 12.5 Å². The van der Waals surface area contributed by atoms with Crippen LogP contribution >= 0.6 is 11.3 Å². The number of thiazole rings is 1. The Morgan fingerprint density at radius 1 is 1.07 bits per heavy atom. The highest BCUT2D eigenvalue weighted by atomic mass is 32.1. The number of carbonyl (C=O) groups excluding carboxylic acids is 2. The fraction of sp³-hybridized carbons (Fsp3) is 0.190. The van der Waals surface area contributed by atoms with Crippen molar-refractivity contribution in [2.24, 2.45) is 0 Å². The molecular formula is C21H21N5O2S. The highest BCUT2D eigenvalue weighted by molar-refractivity contribution is 7.13. The molecule has 0 atom stereocenters. The number of nitrogens with one attached hydrogen (secondary N) is 3. The number of aromatic nitrogens is 1. The van der Waals surface area contributed by atoms with Crippen LogP contribution in [0.2, 0.25) is 0 Å². The molecule has 2 aromatic carbocycles. The van der Waals surface area contributed by atoms with Crippen LogP contribution in [0.3, 0.4) is 0 Å². The summed E-state index contributed by atoms with van der Waals surface area (Å²) in [5, 5.41) is 11.1. The fourth-order valence-electron chi connectivity index (χ4n) is 3.26. The number of benzene rings is 2.